The van der Waals surface area contributed by atoms with E-state index in [2.05, 4.69) is 48.2 Å². The van der Waals surface area contributed by atoms with E-state index in [1.807, 2.05) is 17.5 Å². The molecule has 1 aliphatic heterocycles. The molecule has 2 amide bonds. The van der Waals surface area contributed by atoms with E-state index in [0.29, 0.717) is 10.7 Å². The highest BCUT2D eigenvalue weighted by Gasteiger charge is 2.18. The number of benzene rings is 1. The molecular weight excluding hydrogens is 396 g/mol. The van der Waals surface area contributed by atoms with Crippen molar-refractivity contribution in [2.75, 3.05) is 25.0 Å². The zero-order chi connectivity index (χ0) is 21.7. The molecule has 1 aliphatic rings. The van der Waals surface area contributed by atoms with Gasteiger partial charge in [0, 0.05) is 24.0 Å². The highest BCUT2D eigenvalue weighted by Crippen LogP contribution is 2.22. The highest BCUT2D eigenvalue weighted by atomic mass is 32.1. The lowest BCUT2D eigenvalue weighted by Gasteiger charge is -2.30. The van der Waals surface area contributed by atoms with Crippen molar-refractivity contribution in [3.8, 4) is 0 Å². The van der Waals surface area contributed by atoms with Gasteiger partial charge in [-0.1, -0.05) is 39.8 Å². The van der Waals surface area contributed by atoms with Crippen molar-refractivity contribution in [3.63, 3.8) is 0 Å². The molecule has 0 aliphatic carbocycles. The first-order valence-electron chi connectivity index (χ1n) is 10.6. The maximum absolute atomic E-state index is 12.3. The molecule has 1 atom stereocenters. The Hall–Kier alpha value is -2.25. The molecule has 0 radical (unpaired) electrons. The predicted octanol–water partition coefficient (Wildman–Crippen LogP) is 4.04. The minimum Gasteiger partial charge on any atom is -0.343 e. The third-order valence-corrected chi connectivity index (χ3v) is 6.15. The van der Waals surface area contributed by atoms with E-state index in [9.17, 15) is 9.59 Å². The zero-order valence-electron chi connectivity index (χ0n) is 18.3. The number of amides is 2. The van der Waals surface area contributed by atoms with E-state index >= 15 is 0 Å². The van der Waals surface area contributed by atoms with Gasteiger partial charge in [0.05, 0.1) is 12.2 Å². The van der Waals surface area contributed by atoms with Gasteiger partial charge in [0.2, 0.25) is 5.91 Å². The van der Waals surface area contributed by atoms with Gasteiger partial charge in [-0.25, -0.2) is 4.98 Å². The summed E-state index contributed by atoms with van der Waals surface area (Å²) in [6, 6.07) is 7.50. The van der Waals surface area contributed by atoms with E-state index in [1.165, 1.54) is 24.2 Å². The SMILES string of the molecule is C[C@@H]1CCCN(Cc2csc(NC(=O)CNC(=O)c3ccc(C(C)(C)C)cc3)n2)C1. The van der Waals surface area contributed by atoms with E-state index < -0.39 is 0 Å². The van der Waals surface area contributed by atoms with Crippen molar-refractivity contribution >= 4 is 28.3 Å². The van der Waals surface area contributed by atoms with Gasteiger partial charge in [0.1, 0.15) is 0 Å². The summed E-state index contributed by atoms with van der Waals surface area (Å²) in [5.41, 5.74) is 2.72. The van der Waals surface area contributed by atoms with Crippen LogP contribution in [0.25, 0.3) is 0 Å². The number of nitrogens with one attached hydrogen (secondary N) is 2. The van der Waals surface area contributed by atoms with Crippen molar-refractivity contribution in [1.82, 2.24) is 15.2 Å². The molecule has 1 aromatic heterocycles. The van der Waals surface area contributed by atoms with Crippen molar-refractivity contribution in [2.45, 2.75) is 52.5 Å². The van der Waals surface area contributed by atoms with Gasteiger partial charge in [-0.3, -0.25) is 14.5 Å². The third kappa shape index (κ3) is 6.37. The largest absolute Gasteiger partial charge is 0.343 e. The third-order valence-electron chi connectivity index (χ3n) is 5.35. The molecule has 6 nitrogen and oxygen atoms in total. The molecule has 2 heterocycles. The van der Waals surface area contributed by atoms with Gasteiger partial charge in [-0.2, -0.15) is 0 Å². The Morgan fingerprint density at radius 3 is 2.63 bits per heavy atom. The van der Waals surface area contributed by atoms with E-state index in [-0.39, 0.29) is 23.8 Å². The van der Waals surface area contributed by atoms with Crippen LogP contribution in [-0.2, 0) is 16.8 Å². The standard InChI is InChI=1S/C23H32N4O2S/c1-16-6-5-11-27(13-16)14-19-15-30-22(25-19)26-20(28)12-24-21(29)17-7-9-18(10-8-17)23(2,3)4/h7-10,15-16H,5-6,11-14H2,1-4H3,(H,24,29)(H,25,26,28)/t16-/m1/s1. The van der Waals surface area contributed by atoms with Crippen LogP contribution in [0.3, 0.4) is 0 Å². The lowest BCUT2D eigenvalue weighted by atomic mass is 9.87. The number of likely N-dealkylation sites (tertiary alicyclic amines) is 1. The lowest BCUT2D eigenvalue weighted by molar-refractivity contribution is -0.115. The fourth-order valence-electron chi connectivity index (χ4n) is 3.64. The second-order valence-electron chi connectivity index (χ2n) is 9.18. The van der Waals surface area contributed by atoms with E-state index in [0.717, 1.165) is 36.8 Å². The average Bonchev–Trinajstić information content (AvgIpc) is 3.12. The molecule has 0 saturated carbocycles. The van der Waals surface area contributed by atoms with Gasteiger partial charge in [-0.05, 0) is 48.4 Å². The number of carbonyl (C=O) groups excluding carboxylic acids is 2. The van der Waals surface area contributed by atoms with Crippen molar-refractivity contribution in [3.05, 3.63) is 46.5 Å². The highest BCUT2D eigenvalue weighted by molar-refractivity contribution is 7.13. The first-order chi connectivity index (χ1) is 14.2. The van der Waals surface area contributed by atoms with Gasteiger partial charge in [0.15, 0.2) is 5.13 Å². The topological polar surface area (TPSA) is 74.3 Å². The molecule has 1 aromatic carbocycles. The summed E-state index contributed by atoms with van der Waals surface area (Å²) < 4.78 is 0. The number of rotatable bonds is 6. The number of hydrogen-bond acceptors (Lipinski definition) is 5. The monoisotopic (exact) mass is 428 g/mol. The summed E-state index contributed by atoms with van der Waals surface area (Å²) >= 11 is 1.42. The van der Waals surface area contributed by atoms with Crippen LogP contribution in [0, 0.1) is 5.92 Å². The molecule has 1 saturated heterocycles. The Bertz CT molecular complexity index is 870. The molecule has 3 rings (SSSR count). The molecule has 30 heavy (non-hydrogen) atoms. The first-order valence-corrected chi connectivity index (χ1v) is 11.4. The summed E-state index contributed by atoms with van der Waals surface area (Å²) in [6.45, 7) is 11.6. The maximum Gasteiger partial charge on any atom is 0.251 e. The quantitative estimate of drug-likeness (QED) is 0.728. The minimum atomic E-state index is -0.276. The zero-order valence-corrected chi connectivity index (χ0v) is 19.1. The van der Waals surface area contributed by atoms with Gasteiger partial charge >= 0.3 is 0 Å². The predicted molar refractivity (Wildman–Crippen MR) is 122 cm³/mol. The molecule has 1 fully saturated rings. The molecular formula is C23H32N4O2S. The van der Waals surface area contributed by atoms with Gasteiger partial charge < -0.3 is 10.6 Å². The number of carbonyl (C=O) groups is 2. The summed E-state index contributed by atoms with van der Waals surface area (Å²) in [5, 5.41) is 8.01. The normalized spacial score (nSPS) is 17.5. The fourth-order valence-corrected chi connectivity index (χ4v) is 4.36. The van der Waals surface area contributed by atoms with Crippen LogP contribution in [0.1, 0.15) is 62.2 Å². The Labute approximate surface area is 183 Å². The van der Waals surface area contributed by atoms with Crippen molar-refractivity contribution < 1.29 is 9.59 Å². The van der Waals surface area contributed by atoms with Crippen LogP contribution in [-0.4, -0.2) is 41.3 Å². The Balaban J connectivity index is 1.45. The molecule has 0 spiro atoms. The Kier molecular flexibility index (Phi) is 7.26. The summed E-state index contributed by atoms with van der Waals surface area (Å²) in [5.74, 6) is 0.191. The smallest absolute Gasteiger partial charge is 0.251 e. The summed E-state index contributed by atoms with van der Waals surface area (Å²) in [4.78, 5) is 31.4. The first kappa shape index (κ1) is 22.4. The summed E-state index contributed by atoms with van der Waals surface area (Å²) in [6.07, 6.45) is 2.52. The second-order valence-corrected chi connectivity index (χ2v) is 10.0. The molecule has 0 bridgehead atoms. The van der Waals surface area contributed by atoms with Crippen molar-refractivity contribution in [2.24, 2.45) is 5.92 Å². The number of anilines is 1. The van der Waals surface area contributed by atoms with Crippen LogP contribution in [0.5, 0.6) is 0 Å². The number of nitrogens with zero attached hydrogens (tertiary/aromatic N) is 2. The Morgan fingerprint density at radius 1 is 1.23 bits per heavy atom. The van der Waals surface area contributed by atoms with Crippen molar-refractivity contribution in [1.29, 1.82) is 0 Å². The molecule has 162 valence electrons. The van der Waals surface area contributed by atoms with Crippen LogP contribution in [0.4, 0.5) is 5.13 Å². The van der Waals surface area contributed by atoms with E-state index in [4.69, 9.17) is 0 Å². The van der Waals surface area contributed by atoms with Gasteiger partial charge in [-0.15, -0.1) is 11.3 Å². The van der Waals surface area contributed by atoms with Crippen LogP contribution < -0.4 is 10.6 Å². The Morgan fingerprint density at radius 2 is 1.97 bits per heavy atom. The van der Waals surface area contributed by atoms with Crippen LogP contribution >= 0.6 is 11.3 Å². The number of piperidine rings is 1. The molecule has 0 unspecified atom stereocenters. The molecule has 2 aromatic rings. The maximum atomic E-state index is 12.3. The van der Waals surface area contributed by atoms with E-state index in [1.54, 1.807) is 12.1 Å². The lowest BCUT2D eigenvalue weighted by Crippen LogP contribution is -2.34. The average molecular weight is 429 g/mol. The summed E-state index contributed by atoms with van der Waals surface area (Å²) in [7, 11) is 0. The minimum absolute atomic E-state index is 0.0354. The number of aromatic nitrogens is 1. The number of hydrogen-bond donors (Lipinski definition) is 2. The van der Waals surface area contributed by atoms with Crippen LogP contribution in [0.15, 0.2) is 29.6 Å². The molecule has 7 heteroatoms. The number of thiazole rings is 1. The van der Waals surface area contributed by atoms with Gasteiger partial charge in [0.25, 0.3) is 5.91 Å². The molecule has 2 N–H and O–H groups in total. The van der Waals surface area contributed by atoms with Crippen LogP contribution in [0.2, 0.25) is 0 Å². The fraction of sp³-hybridized carbons (Fsp3) is 0.522. The second kappa shape index (κ2) is 9.71.